The topological polar surface area (TPSA) is 125 Å². The van der Waals surface area contributed by atoms with Gasteiger partial charge in [-0.05, 0) is 12.1 Å². The third-order valence-electron chi connectivity index (χ3n) is 2.39. The van der Waals surface area contributed by atoms with E-state index in [9.17, 15) is 18.8 Å². The lowest BCUT2D eigenvalue weighted by Gasteiger charge is -2.14. The summed E-state index contributed by atoms with van der Waals surface area (Å²) in [5, 5.41) is 21.6. The number of hydrogen-bond donors (Lipinski definition) is 4. The molecule has 0 aromatic heterocycles. The minimum absolute atomic E-state index is 0.0373. The summed E-state index contributed by atoms with van der Waals surface area (Å²) in [7, 11) is 1.27. The van der Waals surface area contributed by atoms with Crippen LogP contribution in [0.4, 0.5) is 14.9 Å². The molecular weight excluding hydrogens is 287 g/mol. The van der Waals surface area contributed by atoms with Gasteiger partial charge < -0.3 is 25.6 Å². The zero-order valence-corrected chi connectivity index (χ0v) is 10.9. The Hall–Kier alpha value is -2.84. The number of rotatable bonds is 6. The lowest BCUT2D eigenvalue weighted by molar-refractivity contribution is -0.145. The standard InChI is InChI=1S/C12H13FN2O6/c1-21-9-4-6(13)2-3-7(9)14-12(20)15-8(11(18)19)5-10(16)17/h2-4,8H,5H2,1H3,(H,16,17)(H,18,19)(H2,14,15,20)/t8-/m1/s1. The number of carbonyl (C=O) groups is 3. The fourth-order valence-corrected chi connectivity index (χ4v) is 1.46. The van der Waals surface area contributed by atoms with Gasteiger partial charge in [-0.15, -0.1) is 0 Å². The first kappa shape index (κ1) is 16.2. The van der Waals surface area contributed by atoms with Crippen LogP contribution >= 0.6 is 0 Å². The van der Waals surface area contributed by atoms with E-state index >= 15 is 0 Å². The SMILES string of the molecule is COc1cc(F)ccc1NC(=O)N[C@H](CC(=O)O)C(=O)O. The molecule has 4 N–H and O–H groups in total. The summed E-state index contributed by atoms with van der Waals surface area (Å²) in [5.74, 6) is -3.40. The van der Waals surface area contributed by atoms with E-state index < -0.39 is 36.2 Å². The van der Waals surface area contributed by atoms with Crippen LogP contribution in [0.15, 0.2) is 18.2 Å². The molecule has 1 atom stereocenters. The molecule has 1 aromatic carbocycles. The number of ether oxygens (including phenoxy) is 1. The second-order valence-corrected chi connectivity index (χ2v) is 3.93. The van der Waals surface area contributed by atoms with Crippen LogP contribution in [0.1, 0.15) is 6.42 Å². The predicted molar refractivity (Wildman–Crippen MR) is 68.8 cm³/mol. The minimum Gasteiger partial charge on any atom is -0.494 e. The first-order chi connectivity index (χ1) is 9.83. The molecule has 0 spiro atoms. The van der Waals surface area contributed by atoms with Crippen molar-refractivity contribution in [1.82, 2.24) is 5.32 Å². The number of nitrogens with one attached hydrogen (secondary N) is 2. The Bertz CT molecular complexity index is 563. The van der Waals surface area contributed by atoms with Crippen LogP contribution in [0.2, 0.25) is 0 Å². The number of hydrogen-bond acceptors (Lipinski definition) is 4. The van der Waals surface area contributed by atoms with Crippen molar-refractivity contribution in [2.75, 3.05) is 12.4 Å². The Labute approximate surface area is 118 Å². The molecule has 0 aliphatic heterocycles. The van der Waals surface area contributed by atoms with Gasteiger partial charge in [0.15, 0.2) is 0 Å². The van der Waals surface area contributed by atoms with E-state index in [-0.39, 0.29) is 11.4 Å². The van der Waals surface area contributed by atoms with E-state index in [1.807, 2.05) is 5.32 Å². The Morgan fingerprint density at radius 1 is 1.33 bits per heavy atom. The molecule has 1 rings (SSSR count). The molecule has 0 radical (unpaired) electrons. The first-order valence-corrected chi connectivity index (χ1v) is 5.69. The quantitative estimate of drug-likeness (QED) is 0.618. The van der Waals surface area contributed by atoms with E-state index in [2.05, 4.69) is 5.32 Å². The summed E-state index contributed by atoms with van der Waals surface area (Å²) < 4.78 is 17.8. The molecule has 8 nitrogen and oxygen atoms in total. The molecule has 0 fully saturated rings. The van der Waals surface area contributed by atoms with Gasteiger partial charge >= 0.3 is 18.0 Å². The second kappa shape index (κ2) is 7.08. The summed E-state index contributed by atoms with van der Waals surface area (Å²) in [6.07, 6.45) is -0.774. The van der Waals surface area contributed by atoms with Crippen molar-refractivity contribution in [2.24, 2.45) is 0 Å². The fraction of sp³-hybridized carbons (Fsp3) is 0.250. The highest BCUT2D eigenvalue weighted by atomic mass is 19.1. The Balaban J connectivity index is 2.76. The van der Waals surface area contributed by atoms with Crippen LogP contribution in [0.5, 0.6) is 5.75 Å². The number of carboxylic acid groups (broad SMARTS) is 2. The van der Waals surface area contributed by atoms with Crippen molar-refractivity contribution >= 4 is 23.7 Å². The van der Waals surface area contributed by atoms with Gasteiger partial charge in [-0.1, -0.05) is 0 Å². The average Bonchev–Trinajstić information content (AvgIpc) is 2.39. The lowest BCUT2D eigenvalue weighted by atomic mass is 10.2. The largest absolute Gasteiger partial charge is 0.494 e. The highest BCUT2D eigenvalue weighted by molar-refractivity contribution is 5.94. The Morgan fingerprint density at radius 2 is 2.00 bits per heavy atom. The zero-order chi connectivity index (χ0) is 16.0. The monoisotopic (exact) mass is 300 g/mol. The number of anilines is 1. The molecule has 2 amide bonds. The summed E-state index contributed by atoms with van der Waals surface area (Å²) in [6.45, 7) is 0. The van der Waals surface area contributed by atoms with Gasteiger partial charge in [0.2, 0.25) is 0 Å². The molecule has 0 aliphatic rings. The van der Waals surface area contributed by atoms with Crippen LogP contribution in [-0.2, 0) is 9.59 Å². The fourth-order valence-electron chi connectivity index (χ4n) is 1.46. The van der Waals surface area contributed by atoms with Gasteiger partial charge in [0.1, 0.15) is 17.6 Å². The van der Waals surface area contributed by atoms with Crippen LogP contribution < -0.4 is 15.4 Å². The van der Waals surface area contributed by atoms with E-state index in [4.69, 9.17) is 14.9 Å². The number of halogens is 1. The maximum Gasteiger partial charge on any atom is 0.326 e. The number of amides is 2. The van der Waals surface area contributed by atoms with Crippen molar-refractivity contribution < 1.29 is 33.7 Å². The van der Waals surface area contributed by atoms with Crippen molar-refractivity contribution in [3.63, 3.8) is 0 Å². The summed E-state index contributed by atoms with van der Waals surface area (Å²) in [5.41, 5.74) is 0.107. The van der Waals surface area contributed by atoms with Crippen LogP contribution in [0.3, 0.4) is 0 Å². The number of carbonyl (C=O) groups excluding carboxylic acids is 1. The number of aliphatic carboxylic acids is 2. The molecule has 0 aliphatic carbocycles. The smallest absolute Gasteiger partial charge is 0.326 e. The third kappa shape index (κ3) is 4.97. The molecule has 0 saturated heterocycles. The number of carboxylic acids is 2. The third-order valence-corrected chi connectivity index (χ3v) is 2.39. The van der Waals surface area contributed by atoms with Crippen LogP contribution in [0, 0.1) is 5.82 Å². The van der Waals surface area contributed by atoms with Crippen LogP contribution in [-0.4, -0.2) is 41.3 Å². The average molecular weight is 300 g/mol. The first-order valence-electron chi connectivity index (χ1n) is 5.69. The minimum atomic E-state index is -1.59. The number of urea groups is 1. The van der Waals surface area contributed by atoms with Gasteiger partial charge in [-0.25, -0.2) is 14.0 Å². The molecular formula is C12H13FN2O6. The van der Waals surface area contributed by atoms with Crippen molar-refractivity contribution in [1.29, 1.82) is 0 Å². The second-order valence-electron chi connectivity index (χ2n) is 3.93. The van der Waals surface area contributed by atoms with E-state index in [0.29, 0.717) is 0 Å². The zero-order valence-electron chi connectivity index (χ0n) is 10.9. The predicted octanol–water partition coefficient (Wildman–Crippen LogP) is 0.884. The Kier molecular flexibility index (Phi) is 5.47. The van der Waals surface area contributed by atoms with E-state index in [1.54, 1.807) is 0 Å². The lowest BCUT2D eigenvalue weighted by Crippen LogP contribution is -2.44. The maximum absolute atomic E-state index is 13.0. The van der Waals surface area contributed by atoms with Gasteiger partial charge in [-0.3, -0.25) is 4.79 Å². The van der Waals surface area contributed by atoms with Crippen molar-refractivity contribution in [2.45, 2.75) is 12.5 Å². The highest BCUT2D eigenvalue weighted by Gasteiger charge is 2.23. The number of methoxy groups -OCH3 is 1. The molecule has 9 heteroatoms. The summed E-state index contributed by atoms with van der Waals surface area (Å²) in [4.78, 5) is 32.9. The van der Waals surface area contributed by atoms with Gasteiger partial charge in [0.25, 0.3) is 0 Å². The molecule has 1 aromatic rings. The summed E-state index contributed by atoms with van der Waals surface area (Å²) >= 11 is 0. The van der Waals surface area contributed by atoms with Crippen LogP contribution in [0.25, 0.3) is 0 Å². The van der Waals surface area contributed by atoms with E-state index in [1.165, 1.54) is 13.2 Å². The highest BCUT2D eigenvalue weighted by Crippen LogP contribution is 2.24. The molecule has 0 bridgehead atoms. The molecule has 0 unspecified atom stereocenters. The maximum atomic E-state index is 13.0. The normalized spacial score (nSPS) is 11.3. The van der Waals surface area contributed by atoms with Gasteiger partial charge in [0.05, 0.1) is 19.2 Å². The van der Waals surface area contributed by atoms with Crippen molar-refractivity contribution in [3.05, 3.63) is 24.0 Å². The van der Waals surface area contributed by atoms with Gasteiger partial charge in [0, 0.05) is 6.07 Å². The molecule has 21 heavy (non-hydrogen) atoms. The summed E-state index contributed by atoms with van der Waals surface area (Å²) in [6, 6.07) is 0.786. The Morgan fingerprint density at radius 3 is 2.52 bits per heavy atom. The van der Waals surface area contributed by atoms with Crippen molar-refractivity contribution in [3.8, 4) is 5.75 Å². The van der Waals surface area contributed by atoms with E-state index in [0.717, 1.165) is 12.1 Å². The molecule has 114 valence electrons. The number of benzene rings is 1. The van der Waals surface area contributed by atoms with Gasteiger partial charge in [-0.2, -0.15) is 0 Å². The molecule has 0 saturated carbocycles. The molecule has 0 heterocycles.